The van der Waals surface area contributed by atoms with Crippen LogP contribution >= 0.6 is 11.6 Å². The minimum absolute atomic E-state index is 0.0188. The lowest BCUT2D eigenvalue weighted by Gasteiger charge is -2.07. The van der Waals surface area contributed by atoms with Gasteiger partial charge in [0, 0.05) is 6.42 Å². The minimum atomic E-state index is -0.491. The van der Waals surface area contributed by atoms with Gasteiger partial charge < -0.3 is 4.74 Å². The Morgan fingerprint density at radius 2 is 2.00 bits per heavy atom. The van der Waals surface area contributed by atoms with Crippen molar-refractivity contribution in [2.75, 3.05) is 7.11 Å². The van der Waals surface area contributed by atoms with Gasteiger partial charge in [-0.2, -0.15) is 0 Å². The van der Waals surface area contributed by atoms with Gasteiger partial charge in [-0.15, -0.1) is 0 Å². The Morgan fingerprint density at radius 1 is 1.26 bits per heavy atom. The SMILES string of the molecule is COc1ccccc1C(=O)Cc1ccc(F)c(Cl)c1. The molecule has 0 atom stereocenters. The van der Waals surface area contributed by atoms with Crippen LogP contribution in [0.4, 0.5) is 4.39 Å². The van der Waals surface area contributed by atoms with Crippen LogP contribution in [0, 0.1) is 5.82 Å². The van der Waals surface area contributed by atoms with E-state index in [1.165, 1.54) is 19.2 Å². The molecule has 0 aromatic heterocycles. The first-order valence-corrected chi connectivity index (χ1v) is 6.09. The largest absolute Gasteiger partial charge is 0.496 e. The summed E-state index contributed by atoms with van der Waals surface area (Å²) < 4.78 is 18.2. The van der Waals surface area contributed by atoms with E-state index in [1.807, 2.05) is 0 Å². The third kappa shape index (κ3) is 3.12. The Labute approximate surface area is 115 Å². The molecule has 0 fully saturated rings. The number of methoxy groups -OCH3 is 1. The summed E-state index contributed by atoms with van der Waals surface area (Å²) in [6.45, 7) is 0. The van der Waals surface area contributed by atoms with Gasteiger partial charge in [0.15, 0.2) is 5.78 Å². The highest BCUT2D eigenvalue weighted by atomic mass is 35.5. The quantitative estimate of drug-likeness (QED) is 0.793. The van der Waals surface area contributed by atoms with Gasteiger partial charge in [0.2, 0.25) is 0 Å². The topological polar surface area (TPSA) is 26.3 Å². The molecule has 2 rings (SSSR count). The molecule has 0 radical (unpaired) electrons. The molecule has 19 heavy (non-hydrogen) atoms. The van der Waals surface area contributed by atoms with Gasteiger partial charge in [0.05, 0.1) is 17.7 Å². The summed E-state index contributed by atoms with van der Waals surface area (Å²) >= 11 is 5.69. The Bertz CT molecular complexity index is 611. The monoisotopic (exact) mass is 278 g/mol. The highest BCUT2D eigenvalue weighted by Crippen LogP contribution is 2.21. The van der Waals surface area contributed by atoms with Crippen molar-refractivity contribution in [1.82, 2.24) is 0 Å². The molecule has 2 aromatic carbocycles. The van der Waals surface area contributed by atoms with E-state index in [4.69, 9.17) is 16.3 Å². The van der Waals surface area contributed by atoms with Crippen molar-refractivity contribution < 1.29 is 13.9 Å². The van der Waals surface area contributed by atoms with Crippen LogP contribution in [0.3, 0.4) is 0 Å². The number of ketones is 1. The van der Waals surface area contributed by atoms with E-state index in [2.05, 4.69) is 0 Å². The first-order chi connectivity index (χ1) is 9.11. The van der Waals surface area contributed by atoms with Gasteiger partial charge in [0.1, 0.15) is 11.6 Å². The van der Waals surface area contributed by atoms with E-state index in [1.54, 1.807) is 30.3 Å². The summed E-state index contributed by atoms with van der Waals surface area (Å²) in [5, 5.41) is 0.0188. The highest BCUT2D eigenvalue weighted by Gasteiger charge is 2.13. The molecule has 0 aliphatic heterocycles. The number of carbonyl (C=O) groups excluding carboxylic acids is 1. The molecule has 0 saturated heterocycles. The fraction of sp³-hybridized carbons (Fsp3) is 0.133. The number of halogens is 2. The van der Waals surface area contributed by atoms with Crippen molar-refractivity contribution in [3.63, 3.8) is 0 Å². The lowest BCUT2D eigenvalue weighted by atomic mass is 10.0. The zero-order chi connectivity index (χ0) is 13.8. The predicted octanol–water partition coefficient (Wildman–Crippen LogP) is 3.91. The Hall–Kier alpha value is -1.87. The summed E-state index contributed by atoms with van der Waals surface area (Å²) in [5.41, 5.74) is 1.17. The number of carbonyl (C=O) groups is 1. The number of hydrogen-bond acceptors (Lipinski definition) is 2. The molecule has 0 N–H and O–H groups in total. The van der Waals surface area contributed by atoms with Crippen molar-refractivity contribution in [2.24, 2.45) is 0 Å². The van der Waals surface area contributed by atoms with Gasteiger partial charge in [-0.05, 0) is 29.8 Å². The number of rotatable bonds is 4. The van der Waals surface area contributed by atoms with Crippen LogP contribution < -0.4 is 4.74 Å². The van der Waals surface area contributed by atoms with Gasteiger partial charge in [0.25, 0.3) is 0 Å². The Kier molecular flexibility index (Phi) is 4.17. The van der Waals surface area contributed by atoms with Crippen molar-refractivity contribution in [1.29, 1.82) is 0 Å². The number of para-hydroxylation sites is 1. The number of ether oxygens (including phenoxy) is 1. The zero-order valence-electron chi connectivity index (χ0n) is 10.3. The van der Waals surface area contributed by atoms with E-state index in [0.29, 0.717) is 16.9 Å². The Balaban J connectivity index is 2.23. The van der Waals surface area contributed by atoms with E-state index >= 15 is 0 Å². The highest BCUT2D eigenvalue weighted by molar-refractivity contribution is 6.30. The standard InChI is InChI=1S/C15H12ClFO2/c1-19-15-5-3-2-4-11(15)14(18)9-10-6-7-13(17)12(16)8-10/h2-8H,9H2,1H3. The molecule has 0 bridgehead atoms. The van der Waals surface area contributed by atoms with Crippen LogP contribution in [0.5, 0.6) is 5.75 Å². The maximum absolute atomic E-state index is 13.0. The maximum Gasteiger partial charge on any atom is 0.170 e. The summed E-state index contributed by atoms with van der Waals surface area (Å²) in [4.78, 5) is 12.2. The van der Waals surface area contributed by atoms with Crippen LogP contribution in [-0.2, 0) is 6.42 Å². The van der Waals surface area contributed by atoms with Crippen molar-refractivity contribution in [3.05, 3.63) is 64.4 Å². The van der Waals surface area contributed by atoms with E-state index < -0.39 is 5.82 Å². The molecule has 2 nitrogen and oxygen atoms in total. The molecule has 4 heteroatoms. The molecule has 0 heterocycles. The van der Waals surface area contributed by atoms with Crippen LogP contribution in [0.15, 0.2) is 42.5 Å². The normalized spacial score (nSPS) is 10.3. The number of Topliss-reactive ketones (excluding diaryl/α,β-unsaturated/α-hetero) is 1. The summed E-state index contributed by atoms with van der Waals surface area (Å²) in [5.74, 6) is -0.0593. The molecule has 0 aliphatic carbocycles. The number of hydrogen-bond donors (Lipinski definition) is 0. The van der Waals surface area contributed by atoms with Crippen LogP contribution in [-0.4, -0.2) is 12.9 Å². The van der Waals surface area contributed by atoms with Crippen LogP contribution in [0.25, 0.3) is 0 Å². The van der Waals surface area contributed by atoms with Gasteiger partial charge in [-0.1, -0.05) is 29.8 Å². The summed E-state index contributed by atoms with van der Waals surface area (Å²) in [6.07, 6.45) is 0.153. The molecule has 98 valence electrons. The molecule has 0 aliphatic rings. The summed E-state index contributed by atoms with van der Waals surface area (Å²) in [7, 11) is 1.51. The molecule has 0 amide bonds. The van der Waals surface area contributed by atoms with Crippen molar-refractivity contribution >= 4 is 17.4 Å². The second-order valence-electron chi connectivity index (χ2n) is 4.05. The van der Waals surface area contributed by atoms with Crippen molar-refractivity contribution in [3.8, 4) is 5.75 Å². The van der Waals surface area contributed by atoms with E-state index in [-0.39, 0.29) is 17.2 Å². The molecule has 0 unspecified atom stereocenters. The smallest absolute Gasteiger partial charge is 0.170 e. The average Bonchev–Trinajstić information content (AvgIpc) is 2.43. The number of benzene rings is 2. The molecule has 0 saturated carbocycles. The van der Waals surface area contributed by atoms with E-state index in [0.717, 1.165) is 0 Å². The van der Waals surface area contributed by atoms with Gasteiger partial charge >= 0.3 is 0 Å². The summed E-state index contributed by atoms with van der Waals surface area (Å²) in [6, 6.07) is 11.3. The van der Waals surface area contributed by atoms with Gasteiger partial charge in [-0.25, -0.2) is 4.39 Å². The first kappa shape index (κ1) is 13.6. The predicted molar refractivity (Wildman–Crippen MR) is 72.4 cm³/mol. The van der Waals surface area contributed by atoms with Crippen LogP contribution in [0.1, 0.15) is 15.9 Å². The first-order valence-electron chi connectivity index (χ1n) is 5.72. The van der Waals surface area contributed by atoms with Crippen molar-refractivity contribution in [2.45, 2.75) is 6.42 Å². The minimum Gasteiger partial charge on any atom is -0.496 e. The molecular weight excluding hydrogens is 267 g/mol. The Morgan fingerprint density at radius 3 is 2.68 bits per heavy atom. The lowest BCUT2D eigenvalue weighted by Crippen LogP contribution is -2.05. The van der Waals surface area contributed by atoms with Crippen LogP contribution in [0.2, 0.25) is 5.02 Å². The average molecular weight is 279 g/mol. The second kappa shape index (κ2) is 5.85. The molecule has 2 aromatic rings. The maximum atomic E-state index is 13.0. The van der Waals surface area contributed by atoms with Gasteiger partial charge in [-0.3, -0.25) is 4.79 Å². The third-order valence-electron chi connectivity index (χ3n) is 2.76. The fourth-order valence-electron chi connectivity index (χ4n) is 1.81. The fourth-order valence-corrected chi connectivity index (χ4v) is 2.01. The second-order valence-corrected chi connectivity index (χ2v) is 4.46. The lowest BCUT2D eigenvalue weighted by molar-refractivity contribution is 0.0990. The third-order valence-corrected chi connectivity index (χ3v) is 3.05. The van der Waals surface area contributed by atoms with E-state index in [9.17, 15) is 9.18 Å². The molecular formula is C15H12ClFO2. The molecule has 0 spiro atoms. The zero-order valence-corrected chi connectivity index (χ0v) is 11.1.